The van der Waals surface area contributed by atoms with E-state index in [9.17, 15) is 0 Å². The number of benzene rings is 2. The molecule has 0 spiro atoms. The van der Waals surface area contributed by atoms with E-state index >= 15 is 0 Å². The summed E-state index contributed by atoms with van der Waals surface area (Å²) in [6, 6.07) is 11.6. The van der Waals surface area contributed by atoms with Gasteiger partial charge < -0.3 is 14.8 Å². The molecular weight excluding hydrogens is 354 g/mol. The van der Waals surface area contributed by atoms with E-state index in [1.165, 1.54) is 0 Å². The Bertz CT molecular complexity index is 619. The second-order valence-electron chi connectivity index (χ2n) is 4.41. The van der Waals surface area contributed by atoms with Gasteiger partial charge in [0.25, 0.3) is 0 Å². The zero-order chi connectivity index (χ0) is 15.2. The quantitative estimate of drug-likeness (QED) is 0.765. The summed E-state index contributed by atoms with van der Waals surface area (Å²) in [5, 5.41) is 4.05. The molecule has 2 aromatic rings. The van der Waals surface area contributed by atoms with Crippen molar-refractivity contribution < 1.29 is 9.47 Å². The Balaban J connectivity index is 2.16. The fourth-order valence-electron chi connectivity index (χ4n) is 1.99. The van der Waals surface area contributed by atoms with E-state index in [-0.39, 0.29) is 0 Å². The lowest BCUT2D eigenvalue weighted by molar-refractivity contribution is 0.309. The van der Waals surface area contributed by atoms with Crippen molar-refractivity contribution in [3.8, 4) is 11.5 Å². The summed E-state index contributed by atoms with van der Waals surface area (Å²) in [5.74, 6) is 1.45. The summed E-state index contributed by atoms with van der Waals surface area (Å²) in [4.78, 5) is 0. The predicted octanol–water partition coefficient (Wildman–Crippen LogP) is 5.12. The van der Waals surface area contributed by atoms with Crippen molar-refractivity contribution >= 4 is 33.2 Å². The summed E-state index contributed by atoms with van der Waals surface area (Å²) < 4.78 is 11.8. The maximum Gasteiger partial charge on any atom is 0.174 e. The maximum absolute atomic E-state index is 5.97. The Morgan fingerprint density at radius 2 is 2.05 bits per heavy atom. The van der Waals surface area contributed by atoms with Crippen LogP contribution in [0.3, 0.4) is 0 Å². The maximum atomic E-state index is 5.97. The second kappa shape index (κ2) is 7.57. The Morgan fingerprint density at radius 1 is 1.24 bits per heavy atom. The van der Waals surface area contributed by atoms with Crippen LogP contribution < -0.4 is 14.8 Å². The lowest BCUT2D eigenvalue weighted by atomic mass is 10.2. The Hall–Kier alpha value is -1.39. The molecule has 0 unspecified atom stereocenters. The van der Waals surface area contributed by atoms with Crippen molar-refractivity contribution in [2.45, 2.75) is 13.5 Å². The standard InChI is InChI=1S/C16H17BrClNO2/c1-3-21-15-8-11(7-14(17)16(15)20-2)10-19-13-6-4-5-12(18)9-13/h4-9,19H,3,10H2,1-2H3. The molecule has 0 saturated carbocycles. The average Bonchev–Trinajstić information content (AvgIpc) is 2.45. The smallest absolute Gasteiger partial charge is 0.174 e. The highest BCUT2D eigenvalue weighted by atomic mass is 79.9. The number of ether oxygens (including phenoxy) is 2. The van der Waals surface area contributed by atoms with E-state index in [2.05, 4.69) is 21.2 Å². The molecule has 0 aliphatic heterocycles. The van der Waals surface area contributed by atoms with Crippen molar-refractivity contribution in [3.63, 3.8) is 0 Å². The molecule has 0 aromatic heterocycles. The zero-order valence-electron chi connectivity index (χ0n) is 12.0. The van der Waals surface area contributed by atoms with Gasteiger partial charge in [0.2, 0.25) is 0 Å². The minimum atomic E-state index is 0.591. The van der Waals surface area contributed by atoms with Crippen LogP contribution >= 0.6 is 27.5 Å². The molecule has 0 amide bonds. The SMILES string of the molecule is CCOc1cc(CNc2cccc(Cl)c2)cc(Br)c1OC. The number of anilines is 1. The number of hydrogen-bond donors (Lipinski definition) is 1. The first-order valence-electron chi connectivity index (χ1n) is 6.62. The van der Waals surface area contributed by atoms with Gasteiger partial charge in [-0.25, -0.2) is 0 Å². The monoisotopic (exact) mass is 369 g/mol. The van der Waals surface area contributed by atoms with Crippen LogP contribution in [0.15, 0.2) is 40.9 Å². The Labute approximate surface area is 138 Å². The molecule has 112 valence electrons. The molecule has 0 atom stereocenters. The van der Waals surface area contributed by atoms with Crippen LogP contribution in [0.5, 0.6) is 11.5 Å². The highest BCUT2D eigenvalue weighted by molar-refractivity contribution is 9.10. The zero-order valence-corrected chi connectivity index (χ0v) is 14.3. The third-order valence-electron chi connectivity index (χ3n) is 2.89. The highest BCUT2D eigenvalue weighted by Crippen LogP contribution is 2.36. The first-order chi connectivity index (χ1) is 10.1. The van der Waals surface area contributed by atoms with E-state index in [1.807, 2.05) is 43.3 Å². The largest absolute Gasteiger partial charge is 0.492 e. The Kier molecular flexibility index (Phi) is 5.76. The van der Waals surface area contributed by atoms with E-state index in [4.69, 9.17) is 21.1 Å². The molecule has 21 heavy (non-hydrogen) atoms. The first-order valence-corrected chi connectivity index (χ1v) is 7.79. The van der Waals surface area contributed by atoms with Crippen LogP contribution in [0.25, 0.3) is 0 Å². The topological polar surface area (TPSA) is 30.5 Å². The van der Waals surface area contributed by atoms with E-state index in [0.717, 1.165) is 21.5 Å². The number of rotatable bonds is 6. The van der Waals surface area contributed by atoms with Crippen LogP contribution in [0.4, 0.5) is 5.69 Å². The molecule has 5 heteroatoms. The van der Waals surface area contributed by atoms with E-state index in [0.29, 0.717) is 23.9 Å². The molecule has 0 aliphatic carbocycles. The number of methoxy groups -OCH3 is 1. The third kappa shape index (κ3) is 4.29. The minimum absolute atomic E-state index is 0.591. The summed E-state index contributed by atoms with van der Waals surface area (Å²) in [5.41, 5.74) is 2.07. The van der Waals surface area contributed by atoms with Crippen molar-refractivity contribution in [3.05, 3.63) is 51.5 Å². The lowest BCUT2D eigenvalue weighted by Crippen LogP contribution is -2.02. The summed E-state index contributed by atoms with van der Waals surface area (Å²) >= 11 is 9.49. The van der Waals surface area contributed by atoms with Crippen molar-refractivity contribution in [2.75, 3.05) is 19.0 Å². The molecule has 0 aliphatic rings. The van der Waals surface area contributed by atoms with E-state index in [1.54, 1.807) is 7.11 Å². The van der Waals surface area contributed by atoms with Crippen LogP contribution in [0.1, 0.15) is 12.5 Å². The molecule has 0 heterocycles. The van der Waals surface area contributed by atoms with Crippen LogP contribution in [0.2, 0.25) is 5.02 Å². The molecule has 0 fully saturated rings. The van der Waals surface area contributed by atoms with Gasteiger partial charge in [-0.3, -0.25) is 0 Å². The van der Waals surface area contributed by atoms with Crippen LogP contribution in [-0.2, 0) is 6.54 Å². The average molecular weight is 371 g/mol. The van der Waals surface area contributed by atoms with Crippen molar-refractivity contribution in [1.82, 2.24) is 0 Å². The summed E-state index contributed by atoms with van der Waals surface area (Å²) in [6.07, 6.45) is 0. The number of nitrogens with one attached hydrogen (secondary N) is 1. The minimum Gasteiger partial charge on any atom is -0.492 e. The first kappa shape index (κ1) is 16.0. The van der Waals surface area contributed by atoms with Crippen molar-refractivity contribution in [2.24, 2.45) is 0 Å². The second-order valence-corrected chi connectivity index (χ2v) is 5.70. The molecule has 0 saturated heterocycles. The summed E-state index contributed by atoms with van der Waals surface area (Å²) in [7, 11) is 1.63. The normalized spacial score (nSPS) is 10.3. The van der Waals surface area contributed by atoms with Gasteiger partial charge in [-0.2, -0.15) is 0 Å². The highest BCUT2D eigenvalue weighted by Gasteiger charge is 2.11. The fraction of sp³-hybridized carbons (Fsp3) is 0.250. The molecule has 3 nitrogen and oxygen atoms in total. The van der Waals surface area contributed by atoms with Gasteiger partial charge in [-0.15, -0.1) is 0 Å². The van der Waals surface area contributed by atoms with Gasteiger partial charge in [-0.1, -0.05) is 17.7 Å². The molecule has 0 radical (unpaired) electrons. The van der Waals surface area contributed by atoms with Crippen LogP contribution in [-0.4, -0.2) is 13.7 Å². The summed E-state index contributed by atoms with van der Waals surface area (Å²) in [6.45, 7) is 3.21. The van der Waals surface area contributed by atoms with Gasteiger partial charge in [0, 0.05) is 17.3 Å². The van der Waals surface area contributed by atoms with Gasteiger partial charge in [-0.05, 0) is 58.7 Å². The van der Waals surface area contributed by atoms with Gasteiger partial charge in [0.1, 0.15) is 0 Å². The van der Waals surface area contributed by atoms with Crippen molar-refractivity contribution in [1.29, 1.82) is 0 Å². The van der Waals surface area contributed by atoms with E-state index < -0.39 is 0 Å². The third-order valence-corrected chi connectivity index (χ3v) is 3.72. The van der Waals surface area contributed by atoms with Crippen LogP contribution in [0, 0.1) is 0 Å². The molecule has 0 bridgehead atoms. The van der Waals surface area contributed by atoms with Gasteiger partial charge >= 0.3 is 0 Å². The van der Waals surface area contributed by atoms with Gasteiger partial charge in [0.15, 0.2) is 11.5 Å². The molecule has 2 rings (SSSR count). The number of hydrogen-bond acceptors (Lipinski definition) is 3. The molecule has 1 N–H and O–H groups in total. The lowest BCUT2D eigenvalue weighted by Gasteiger charge is -2.14. The Morgan fingerprint density at radius 3 is 2.71 bits per heavy atom. The molecule has 2 aromatic carbocycles. The fourth-order valence-corrected chi connectivity index (χ4v) is 2.83. The predicted molar refractivity (Wildman–Crippen MR) is 90.6 cm³/mol. The van der Waals surface area contributed by atoms with Gasteiger partial charge in [0.05, 0.1) is 18.2 Å². The molecular formula is C16H17BrClNO2. The number of halogens is 2.